The molecule has 1 aliphatic heterocycles. The average Bonchev–Trinajstić information content (AvgIpc) is 2.75. The number of nitrogens with one attached hydrogen (secondary N) is 1. The maximum atomic E-state index is 10.9. The van der Waals surface area contributed by atoms with Gasteiger partial charge in [-0.25, -0.2) is 0 Å². The van der Waals surface area contributed by atoms with E-state index in [-0.39, 0.29) is 5.91 Å². The molecule has 1 fully saturated rings. The van der Waals surface area contributed by atoms with Gasteiger partial charge in [-0.15, -0.1) is 5.10 Å². The van der Waals surface area contributed by atoms with E-state index in [0.717, 1.165) is 16.9 Å². The van der Waals surface area contributed by atoms with Crippen LogP contribution in [0.25, 0.3) is 0 Å². The molecule has 94 valence electrons. The monoisotopic (exact) mass is 263 g/mol. The summed E-state index contributed by atoms with van der Waals surface area (Å²) in [4.78, 5) is 10.9. The van der Waals surface area contributed by atoms with Crippen molar-refractivity contribution < 1.29 is 9.53 Å². The Balaban J connectivity index is 2.14. The number of benzene rings is 1. The zero-order chi connectivity index (χ0) is 13.0. The number of nitrogens with zero attached hydrogens (tertiary/aromatic N) is 2. The number of carbonyl (C=O) groups excluding carboxylic acids is 1. The normalized spacial score (nSPS) is 17.4. The van der Waals surface area contributed by atoms with Crippen LogP contribution in [0.1, 0.15) is 11.1 Å². The molecule has 0 spiro atoms. The molecule has 18 heavy (non-hydrogen) atoms. The van der Waals surface area contributed by atoms with Gasteiger partial charge in [0.15, 0.2) is 5.17 Å². The molecule has 6 heteroatoms. The van der Waals surface area contributed by atoms with Crippen LogP contribution >= 0.6 is 11.8 Å². The van der Waals surface area contributed by atoms with Gasteiger partial charge < -0.3 is 10.1 Å². The highest BCUT2D eigenvalue weighted by molar-refractivity contribution is 8.15. The molecule has 1 N–H and O–H groups in total. The van der Waals surface area contributed by atoms with E-state index in [1.807, 2.05) is 25.1 Å². The predicted molar refractivity (Wildman–Crippen MR) is 73.4 cm³/mol. The van der Waals surface area contributed by atoms with Crippen LogP contribution in [-0.2, 0) is 4.79 Å². The lowest BCUT2D eigenvalue weighted by Crippen LogP contribution is -2.19. The van der Waals surface area contributed by atoms with Crippen LogP contribution in [0.4, 0.5) is 0 Å². The highest BCUT2D eigenvalue weighted by Gasteiger charge is 2.15. The molecule has 1 aromatic carbocycles. The lowest BCUT2D eigenvalue weighted by molar-refractivity contribution is -0.116. The molecule has 1 heterocycles. The van der Waals surface area contributed by atoms with Crippen LogP contribution in [0.3, 0.4) is 0 Å². The number of carbonyl (C=O) groups is 1. The molecule has 0 bridgehead atoms. The van der Waals surface area contributed by atoms with Crippen molar-refractivity contribution in [2.75, 3.05) is 12.9 Å². The van der Waals surface area contributed by atoms with Crippen molar-refractivity contribution in [2.45, 2.75) is 6.92 Å². The van der Waals surface area contributed by atoms with Crippen molar-refractivity contribution in [3.8, 4) is 5.75 Å². The maximum absolute atomic E-state index is 10.9. The van der Waals surface area contributed by atoms with Crippen molar-refractivity contribution in [1.29, 1.82) is 0 Å². The van der Waals surface area contributed by atoms with E-state index in [2.05, 4.69) is 15.5 Å². The topological polar surface area (TPSA) is 63.1 Å². The van der Waals surface area contributed by atoms with Crippen molar-refractivity contribution in [3.63, 3.8) is 0 Å². The minimum absolute atomic E-state index is 0.0397. The van der Waals surface area contributed by atoms with Gasteiger partial charge in [-0.3, -0.25) is 4.79 Å². The first-order valence-electron chi connectivity index (χ1n) is 5.38. The molecule has 1 aromatic rings. The molecule has 1 aliphatic rings. The van der Waals surface area contributed by atoms with E-state index in [1.54, 1.807) is 13.3 Å². The Morgan fingerprint density at radius 3 is 3.00 bits per heavy atom. The number of amides is 1. The molecule has 0 atom stereocenters. The van der Waals surface area contributed by atoms with Gasteiger partial charge in [0.1, 0.15) is 5.75 Å². The molecule has 5 nitrogen and oxygen atoms in total. The van der Waals surface area contributed by atoms with Gasteiger partial charge in [0, 0.05) is 5.56 Å². The molecule has 0 saturated carbocycles. The number of thioether (sulfide) groups is 1. The van der Waals surface area contributed by atoms with Gasteiger partial charge in [-0.05, 0) is 18.6 Å². The van der Waals surface area contributed by atoms with Gasteiger partial charge in [0.2, 0.25) is 5.91 Å². The molecule has 1 amide bonds. The molecular formula is C12H13N3O2S. The standard InChI is InChI=1S/C12H13N3O2S/c1-8-4-3-5-9(11(8)17-2)6-13-15-12-14-10(16)7-18-12/h3-6H,7H2,1-2H3,(H,14,15,16). The SMILES string of the molecule is COc1c(C)cccc1C=NN=C1NC(=O)CS1. The summed E-state index contributed by atoms with van der Waals surface area (Å²) in [6, 6.07) is 5.80. The van der Waals surface area contributed by atoms with Crippen molar-refractivity contribution in [3.05, 3.63) is 29.3 Å². The highest BCUT2D eigenvalue weighted by Crippen LogP contribution is 2.21. The van der Waals surface area contributed by atoms with E-state index < -0.39 is 0 Å². The van der Waals surface area contributed by atoms with Gasteiger partial charge in [0.05, 0.1) is 19.1 Å². The first-order chi connectivity index (χ1) is 8.70. The molecule has 0 radical (unpaired) electrons. The lowest BCUT2D eigenvalue weighted by atomic mass is 10.1. The zero-order valence-corrected chi connectivity index (χ0v) is 11.0. The number of hydrogen-bond donors (Lipinski definition) is 1. The number of hydrogen-bond acceptors (Lipinski definition) is 5. The number of methoxy groups -OCH3 is 1. The second-order valence-electron chi connectivity index (χ2n) is 3.68. The summed E-state index contributed by atoms with van der Waals surface area (Å²) in [5.41, 5.74) is 1.90. The molecule has 1 saturated heterocycles. The van der Waals surface area contributed by atoms with E-state index >= 15 is 0 Å². The van der Waals surface area contributed by atoms with Crippen LogP contribution in [0.5, 0.6) is 5.75 Å². The Morgan fingerprint density at radius 1 is 1.50 bits per heavy atom. The molecule has 0 aliphatic carbocycles. The van der Waals surface area contributed by atoms with E-state index in [9.17, 15) is 4.79 Å². The van der Waals surface area contributed by atoms with Crippen molar-refractivity contribution in [2.24, 2.45) is 10.2 Å². The van der Waals surface area contributed by atoms with Crippen LogP contribution in [-0.4, -0.2) is 30.2 Å². The summed E-state index contributed by atoms with van der Waals surface area (Å²) in [5.74, 6) is 1.15. The number of amidine groups is 1. The van der Waals surface area contributed by atoms with Gasteiger partial charge in [0.25, 0.3) is 0 Å². The smallest absolute Gasteiger partial charge is 0.236 e. The minimum atomic E-state index is -0.0397. The van der Waals surface area contributed by atoms with Crippen LogP contribution < -0.4 is 10.1 Å². The maximum Gasteiger partial charge on any atom is 0.236 e. The lowest BCUT2D eigenvalue weighted by Gasteiger charge is -2.06. The molecule has 0 aromatic heterocycles. The van der Waals surface area contributed by atoms with Gasteiger partial charge in [-0.2, -0.15) is 5.10 Å². The van der Waals surface area contributed by atoms with Crippen molar-refractivity contribution in [1.82, 2.24) is 5.32 Å². The average molecular weight is 263 g/mol. The summed E-state index contributed by atoms with van der Waals surface area (Å²) >= 11 is 1.34. The zero-order valence-electron chi connectivity index (χ0n) is 10.1. The van der Waals surface area contributed by atoms with Crippen molar-refractivity contribution >= 4 is 29.1 Å². The summed E-state index contributed by atoms with van der Waals surface area (Å²) in [6.45, 7) is 1.97. The van der Waals surface area contributed by atoms with E-state index in [1.165, 1.54) is 11.8 Å². The second-order valence-corrected chi connectivity index (χ2v) is 4.65. The largest absolute Gasteiger partial charge is 0.496 e. The fourth-order valence-corrected chi connectivity index (χ4v) is 2.21. The van der Waals surface area contributed by atoms with E-state index in [4.69, 9.17) is 4.74 Å². The van der Waals surface area contributed by atoms with Gasteiger partial charge in [-0.1, -0.05) is 23.9 Å². The number of rotatable bonds is 3. The first kappa shape index (κ1) is 12.6. The molecule has 2 rings (SSSR count). The number of aryl methyl sites for hydroxylation is 1. The fourth-order valence-electron chi connectivity index (χ4n) is 1.58. The van der Waals surface area contributed by atoms with E-state index in [0.29, 0.717) is 10.9 Å². The summed E-state index contributed by atoms with van der Waals surface area (Å²) < 4.78 is 5.30. The molecular weight excluding hydrogens is 250 g/mol. The van der Waals surface area contributed by atoms with Crippen LogP contribution in [0.2, 0.25) is 0 Å². The van der Waals surface area contributed by atoms with Gasteiger partial charge >= 0.3 is 0 Å². The quantitative estimate of drug-likeness (QED) is 0.665. The Morgan fingerprint density at radius 2 is 2.33 bits per heavy atom. The fraction of sp³-hybridized carbons (Fsp3) is 0.250. The summed E-state index contributed by atoms with van der Waals surface area (Å²) in [7, 11) is 1.62. The first-order valence-corrected chi connectivity index (χ1v) is 6.36. The number of para-hydroxylation sites is 1. The summed E-state index contributed by atoms with van der Waals surface area (Å²) in [6.07, 6.45) is 1.61. The molecule has 0 unspecified atom stereocenters. The van der Waals surface area contributed by atoms with Crippen LogP contribution in [0.15, 0.2) is 28.4 Å². The Labute approximate surface area is 109 Å². The second kappa shape index (κ2) is 5.68. The Bertz CT molecular complexity index is 526. The Hall–Kier alpha value is -1.82. The minimum Gasteiger partial charge on any atom is -0.496 e. The third-order valence-electron chi connectivity index (χ3n) is 2.38. The summed E-state index contributed by atoms with van der Waals surface area (Å²) in [5, 5.41) is 11.0. The third-order valence-corrected chi connectivity index (χ3v) is 3.24. The third kappa shape index (κ3) is 2.89. The highest BCUT2D eigenvalue weighted by atomic mass is 32.2. The predicted octanol–water partition coefficient (Wildman–Crippen LogP) is 1.56. The van der Waals surface area contributed by atoms with Crippen LogP contribution in [0, 0.1) is 6.92 Å². The number of ether oxygens (including phenoxy) is 1. The Kier molecular flexibility index (Phi) is 3.99.